The van der Waals surface area contributed by atoms with Crippen LogP contribution in [0.25, 0.3) is 0 Å². The zero-order chi connectivity index (χ0) is 15.7. The molecule has 0 bridgehead atoms. The van der Waals surface area contributed by atoms with Crippen molar-refractivity contribution in [2.75, 3.05) is 25.0 Å². The van der Waals surface area contributed by atoms with Crippen molar-refractivity contribution >= 4 is 11.6 Å². The van der Waals surface area contributed by atoms with Gasteiger partial charge in [0.25, 0.3) is 0 Å². The Morgan fingerprint density at radius 1 is 1.48 bits per heavy atom. The highest BCUT2D eigenvalue weighted by atomic mass is 16.1. The summed E-state index contributed by atoms with van der Waals surface area (Å²) in [6.45, 7) is 10.2. The van der Waals surface area contributed by atoms with Crippen LogP contribution in [-0.4, -0.2) is 46.3 Å². The van der Waals surface area contributed by atoms with Gasteiger partial charge in [-0.3, -0.25) is 9.48 Å². The molecule has 21 heavy (non-hydrogen) atoms. The van der Waals surface area contributed by atoms with E-state index >= 15 is 0 Å². The number of hydrogen-bond donors (Lipinski definition) is 2. The molecule has 6 heteroatoms. The lowest BCUT2D eigenvalue weighted by molar-refractivity contribution is -0.116. The molecule has 0 saturated carbocycles. The minimum atomic E-state index is 0.0268. The number of carbonyl (C=O) groups excluding carboxylic acids is 1. The summed E-state index contributed by atoms with van der Waals surface area (Å²) in [4.78, 5) is 14.1. The summed E-state index contributed by atoms with van der Waals surface area (Å²) in [7, 11) is 0. The molecule has 0 aromatic carbocycles. The number of amides is 1. The van der Waals surface area contributed by atoms with Crippen LogP contribution in [0.3, 0.4) is 0 Å². The second kappa shape index (κ2) is 9.52. The molecule has 0 aliphatic rings. The Morgan fingerprint density at radius 2 is 2.19 bits per heavy atom. The molecule has 1 heterocycles. The normalized spacial score (nSPS) is 12.6. The first kappa shape index (κ1) is 17.7. The van der Waals surface area contributed by atoms with Crippen molar-refractivity contribution in [2.45, 2.75) is 52.6 Å². The van der Waals surface area contributed by atoms with E-state index in [1.807, 2.05) is 17.8 Å². The van der Waals surface area contributed by atoms with Gasteiger partial charge >= 0.3 is 0 Å². The molecule has 120 valence electrons. The SMILES string of the molecule is CCN(CC)CCn1cc(NC(=O)CCCC(C)N)cn1. The summed E-state index contributed by atoms with van der Waals surface area (Å²) in [6.07, 6.45) is 5.78. The van der Waals surface area contributed by atoms with Gasteiger partial charge < -0.3 is 16.0 Å². The van der Waals surface area contributed by atoms with Gasteiger partial charge in [-0.15, -0.1) is 0 Å². The summed E-state index contributed by atoms with van der Waals surface area (Å²) in [5.74, 6) is 0.0268. The number of aromatic nitrogens is 2. The van der Waals surface area contributed by atoms with Crippen LogP contribution in [0.4, 0.5) is 5.69 Å². The van der Waals surface area contributed by atoms with Gasteiger partial charge in [-0.05, 0) is 32.9 Å². The second-order valence-electron chi connectivity index (χ2n) is 5.44. The van der Waals surface area contributed by atoms with E-state index in [1.165, 1.54) is 0 Å². The summed E-state index contributed by atoms with van der Waals surface area (Å²) in [5.41, 5.74) is 6.43. The van der Waals surface area contributed by atoms with Crippen LogP contribution in [0.2, 0.25) is 0 Å². The smallest absolute Gasteiger partial charge is 0.224 e. The third-order valence-electron chi connectivity index (χ3n) is 3.52. The van der Waals surface area contributed by atoms with Gasteiger partial charge in [0.1, 0.15) is 0 Å². The maximum absolute atomic E-state index is 11.8. The number of likely N-dealkylation sites (N-methyl/N-ethyl adjacent to an activating group) is 1. The van der Waals surface area contributed by atoms with E-state index in [-0.39, 0.29) is 11.9 Å². The first-order chi connectivity index (χ1) is 10.0. The molecular formula is C15H29N5O. The van der Waals surface area contributed by atoms with Crippen LogP contribution in [0.5, 0.6) is 0 Å². The van der Waals surface area contributed by atoms with Gasteiger partial charge in [0.2, 0.25) is 5.91 Å². The van der Waals surface area contributed by atoms with Crippen LogP contribution in [0.1, 0.15) is 40.0 Å². The maximum Gasteiger partial charge on any atom is 0.224 e. The van der Waals surface area contributed by atoms with Crippen molar-refractivity contribution in [3.8, 4) is 0 Å². The highest BCUT2D eigenvalue weighted by molar-refractivity contribution is 5.90. The van der Waals surface area contributed by atoms with Gasteiger partial charge in [-0.1, -0.05) is 13.8 Å². The Kier molecular flexibility index (Phi) is 8.00. The topological polar surface area (TPSA) is 76.2 Å². The Morgan fingerprint density at radius 3 is 2.81 bits per heavy atom. The monoisotopic (exact) mass is 295 g/mol. The fourth-order valence-electron chi connectivity index (χ4n) is 2.14. The molecule has 0 fully saturated rings. The first-order valence-corrected chi connectivity index (χ1v) is 7.85. The Hall–Kier alpha value is -1.40. The lowest BCUT2D eigenvalue weighted by atomic mass is 10.1. The molecule has 0 aliphatic heterocycles. The van der Waals surface area contributed by atoms with Crippen molar-refractivity contribution in [2.24, 2.45) is 5.73 Å². The highest BCUT2D eigenvalue weighted by Gasteiger charge is 2.06. The minimum absolute atomic E-state index is 0.0268. The molecule has 3 N–H and O–H groups in total. The zero-order valence-electron chi connectivity index (χ0n) is 13.5. The summed E-state index contributed by atoms with van der Waals surface area (Å²) in [5, 5.41) is 7.15. The quantitative estimate of drug-likeness (QED) is 0.688. The first-order valence-electron chi connectivity index (χ1n) is 7.85. The van der Waals surface area contributed by atoms with Gasteiger partial charge in [0, 0.05) is 25.2 Å². The van der Waals surface area contributed by atoms with E-state index in [2.05, 4.69) is 29.2 Å². The highest BCUT2D eigenvalue weighted by Crippen LogP contribution is 2.07. The van der Waals surface area contributed by atoms with Crippen molar-refractivity contribution in [3.05, 3.63) is 12.4 Å². The van der Waals surface area contributed by atoms with Gasteiger partial charge in [0.05, 0.1) is 18.4 Å². The molecule has 1 aromatic heterocycles. The van der Waals surface area contributed by atoms with E-state index in [1.54, 1.807) is 6.20 Å². The van der Waals surface area contributed by atoms with E-state index < -0.39 is 0 Å². The Balaban J connectivity index is 2.32. The summed E-state index contributed by atoms with van der Waals surface area (Å²) in [6, 6.07) is 0.153. The second-order valence-corrected chi connectivity index (χ2v) is 5.44. The average Bonchev–Trinajstić information content (AvgIpc) is 2.87. The number of nitrogens with one attached hydrogen (secondary N) is 1. The summed E-state index contributed by atoms with van der Waals surface area (Å²) >= 11 is 0. The number of hydrogen-bond acceptors (Lipinski definition) is 4. The average molecular weight is 295 g/mol. The van der Waals surface area contributed by atoms with E-state index in [4.69, 9.17) is 5.73 Å². The maximum atomic E-state index is 11.8. The van der Waals surface area contributed by atoms with Gasteiger partial charge in [-0.25, -0.2) is 0 Å². The third kappa shape index (κ3) is 7.24. The lowest BCUT2D eigenvalue weighted by Gasteiger charge is -2.17. The van der Waals surface area contributed by atoms with Crippen molar-refractivity contribution in [1.82, 2.24) is 14.7 Å². The number of nitrogens with two attached hydrogens (primary N) is 1. The molecule has 0 radical (unpaired) electrons. The predicted octanol–water partition coefficient (Wildman–Crippen LogP) is 1.68. The number of carbonyl (C=O) groups is 1. The fraction of sp³-hybridized carbons (Fsp3) is 0.733. The third-order valence-corrected chi connectivity index (χ3v) is 3.52. The van der Waals surface area contributed by atoms with E-state index in [9.17, 15) is 4.79 Å². The molecule has 1 aromatic rings. The molecule has 0 saturated heterocycles. The molecule has 1 atom stereocenters. The minimum Gasteiger partial charge on any atom is -0.328 e. The molecule has 6 nitrogen and oxygen atoms in total. The largest absolute Gasteiger partial charge is 0.328 e. The predicted molar refractivity (Wildman–Crippen MR) is 86.1 cm³/mol. The van der Waals surface area contributed by atoms with Crippen LogP contribution < -0.4 is 11.1 Å². The fourth-order valence-corrected chi connectivity index (χ4v) is 2.14. The molecular weight excluding hydrogens is 266 g/mol. The van der Waals surface area contributed by atoms with E-state index in [0.29, 0.717) is 6.42 Å². The zero-order valence-corrected chi connectivity index (χ0v) is 13.5. The van der Waals surface area contributed by atoms with Crippen molar-refractivity contribution in [3.63, 3.8) is 0 Å². The van der Waals surface area contributed by atoms with Crippen molar-refractivity contribution in [1.29, 1.82) is 0 Å². The molecule has 1 unspecified atom stereocenters. The number of nitrogens with zero attached hydrogens (tertiary/aromatic N) is 3. The van der Waals surface area contributed by atoms with E-state index in [0.717, 1.165) is 44.7 Å². The molecule has 1 amide bonds. The Bertz CT molecular complexity index is 412. The van der Waals surface area contributed by atoms with Gasteiger partial charge in [0.15, 0.2) is 0 Å². The van der Waals surface area contributed by atoms with Crippen LogP contribution in [0, 0.1) is 0 Å². The number of anilines is 1. The molecule has 1 rings (SSSR count). The summed E-state index contributed by atoms with van der Waals surface area (Å²) < 4.78 is 1.87. The standard InChI is InChI=1S/C15H29N5O/c1-4-19(5-2)9-10-20-12-14(11-17-20)18-15(21)8-6-7-13(3)16/h11-13H,4-10,16H2,1-3H3,(H,18,21). The number of rotatable bonds is 10. The lowest BCUT2D eigenvalue weighted by Crippen LogP contribution is -2.27. The molecule has 0 aliphatic carbocycles. The van der Waals surface area contributed by atoms with Crippen LogP contribution in [-0.2, 0) is 11.3 Å². The van der Waals surface area contributed by atoms with Crippen LogP contribution in [0.15, 0.2) is 12.4 Å². The van der Waals surface area contributed by atoms with Gasteiger partial charge in [-0.2, -0.15) is 5.10 Å². The van der Waals surface area contributed by atoms with Crippen LogP contribution >= 0.6 is 0 Å². The molecule has 0 spiro atoms. The Labute approximate surface area is 127 Å². The van der Waals surface area contributed by atoms with Crippen molar-refractivity contribution < 1.29 is 4.79 Å².